The minimum atomic E-state index is -3.57. The summed E-state index contributed by atoms with van der Waals surface area (Å²) in [5.74, 6) is 1.28. The van der Waals surface area contributed by atoms with Crippen LogP contribution in [0.4, 0.5) is 0 Å². The van der Waals surface area contributed by atoms with Crippen LogP contribution in [-0.4, -0.2) is 13.4 Å². The summed E-state index contributed by atoms with van der Waals surface area (Å²) in [4.78, 5) is 4.09. The maximum Gasteiger partial charge on any atom is 0.240 e. The van der Waals surface area contributed by atoms with Gasteiger partial charge in [-0.3, -0.25) is 4.98 Å². The molecule has 6 heteroatoms. The van der Waals surface area contributed by atoms with Crippen molar-refractivity contribution in [2.24, 2.45) is 0 Å². The van der Waals surface area contributed by atoms with E-state index < -0.39 is 10.0 Å². The topological polar surface area (TPSA) is 68.3 Å². The minimum Gasteiger partial charge on any atom is -0.457 e. The molecule has 0 atom stereocenters. The Bertz CT molecular complexity index is 881. The third kappa shape index (κ3) is 4.18. The van der Waals surface area contributed by atoms with Gasteiger partial charge in [-0.05, 0) is 54.1 Å². The quantitative estimate of drug-likeness (QED) is 0.747. The number of sulfonamides is 1. The van der Waals surface area contributed by atoms with Gasteiger partial charge in [0, 0.05) is 18.9 Å². The van der Waals surface area contributed by atoms with Gasteiger partial charge in [0.05, 0.1) is 4.90 Å². The SMILES string of the molecule is O=S(=O)(NCc1ccncc1)c1ccc(Oc2ccccc2)cc1. The van der Waals surface area contributed by atoms with Crippen LogP contribution in [0.5, 0.6) is 11.5 Å². The van der Waals surface area contributed by atoms with Crippen molar-refractivity contribution in [3.8, 4) is 11.5 Å². The molecule has 0 fully saturated rings. The van der Waals surface area contributed by atoms with E-state index in [0.29, 0.717) is 11.5 Å². The first-order chi connectivity index (χ1) is 11.6. The van der Waals surface area contributed by atoms with Crippen molar-refractivity contribution < 1.29 is 13.2 Å². The number of ether oxygens (including phenoxy) is 1. The largest absolute Gasteiger partial charge is 0.457 e. The highest BCUT2D eigenvalue weighted by atomic mass is 32.2. The highest BCUT2D eigenvalue weighted by molar-refractivity contribution is 7.89. The summed E-state index contributed by atoms with van der Waals surface area (Å²) in [6.07, 6.45) is 3.25. The lowest BCUT2D eigenvalue weighted by atomic mass is 10.3. The summed E-state index contributed by atoms with van der Waals surface area (Å²) < 4.78 is 32.8. The molecule has 0 unspecified atom stereocenters. The van der Waals surface area contributed by atoms with Gasteiger partial charge in [0.25, 0.3) is 0 Å². The summed E-state index contributed by atoms with van der Waals surface area (Å²) in [7, 11) is -3.57. The zero-order valence-electron chi connectivity index (χ0n) is 12.8. The number of nitrogens with zero attached hydrogens (tertiary/aromatic N) is 1. The highest BCUT2D eigenvalue weighted by Crippen LogP contribution is 2.22. The smallest absolute Gasteiger partial charge is 0.240 e. The Kier molecular flexibility index (Phi) is 4.88. The standard InChI is InChI=1S/C18H16N2O3S/c21-24(22,20-14-15-10-12-19-13-11-15)18-8-6-17(7-9-18)23-16-4-2-1-3-5-16/h1-13,20H,14H2. The Morgan fingerprint density at radius 3 is 2.12 bits per heavy atom. The molecular formula is C18H16N2O3S. The minimum absolute atomic E-state index is 0.192. The highest BCUT2D eigenvalue weighted by Gasteiger charge is 2.13. The van der Waals surface area contributed by atoms with Gasteiger partial charge in [-0.15, -0.1) is 0 Å². The van der Waals surface area contributed by atoms with Crippen LogP contribution in [0.3, 0.4) is 0 Å². The van der Waals surface area contributed by atoms with Crippen LogP contribution in [0.15, 0.2) is 84.0 Å². The van der Waals surface area contributed by atoms with Gasteiger partial charge in [-0.1, -0.05) is 18.2 Å². The fourth-order valence-corrected chi connectivity index (χ4v) is 3.09. The van der Waals surface area contributed by atoms with Crippen molar-refractivity contribution in [2.45, 2.75) is 11.4 Å². The second-order valence-corrected chi connectivity index (χ2v) is 6.83. The maximum absolute atomic E-state index is 12.3. The molecule has 0 aliphatic rings. The van der Waals surface area contributed by atoms with Crippen molar-refractivity contribution >= 4 is 10.0 Å². The van der Waals surface area contributed by atoms with Gasteiger partial charge in [0.15, 0.2) is 0 Å². The summed E-state index contributed by atoms with van der Waals surface area (Å²) in [5, 5.41) is 0. The van der Waals surface area contributed by atoms with Crippen molar-refractivity contribution in [1.82, 2.24) is 9.71 Å². The lowest BCUT2D eigenvalue weighted by Crippen LogP contribution is -2.23. The molecule has 5 nitrogen and oxygen atoms in total. The van der Waals surface area contributed by atoms with Crippen molar-refractivity contribution in [3.63, 3.8) is 0 Å². The number of hydrogen-bond acceptors (Lipinski definition) is 4. The first kappa shape index (κ1) is 16.2. The van der Waals surface area contributed by atoms with E-state index in [0.717, 1.165) is 5.56 Å². The van der Waals surface area contributed by atoms with E-state index >= 15 is 0 Å². The molecule has 0 amide bonds. The molecule has 0 radical (unpaired) electrons. The molecule has 24 heavy (non-hydrogen) atoms. The fourth-order valence-electron chi connectivity index (χ4n) is 2.07. The number of para-hydroxylation sites is 1. The molecule has 122 valence electrons. The monoisotopic (exact) mass is 340 g/mol. The Morgan fingerprint density at radius 2 is 1.46 bits per heavy atom. The molecule has 0 spiro atoms. The predicted octanol–water partition coefficient (Wildman–Crippen LogP) is 3.35. The molecular weight excluding hydrogens is 324 g/mol. The Hall–Kier alpha value is -2.70. The third-order valence-corrected chi connectivity index (χ3v) is 4.75. The number of pyridine rings is 1. The molecule has 1 heterocycles. The lowest BCUT2D eigenvalue weighted by molar-refractivity contribution is 0.482. The average Bonchev–Trinajstić information content (AvgIpc) is 2.62. The summed E-state index contributed by atoms with van der Waals surface area (Å²) in [5.41, 5.74) is 0.845. The fraction of sp³-hybridized carbons (Fsp3) is 0.0556. The van der Waals surface area contributed by atoms with Gasteiger partial charge in [0.2, 0.25) is 10.0 Å². The molecule has 1 N–H and O–H groups in total. The van der Waals surface area contributed by atoms with E-state index in [4.69, 9.17) is 4.74 Å². The van der Waals surface area contributed by atoms with E-state index in [2.05, 4.69) is 9.71 Å². The molecule has 3 aromatic rings. The number of benzene rings is 2. The molecule has 0 saturated carbocycles. The summed E-state index contributed by atoms with van der Waals surface area (Å²) in [6, 6.07) is 19.1. The van der Waals surface area contributed by atoms with Gasteiger partial charge in [0.1, 0.15) is 11.5 Å². The Morgan fingerprint density at radius 1 is 0.833 bits per heavy atom. The number of hydrogen-bond donors (Lipinski definition) is 1. The third-order valence-electron chi connectivity index (χ3n) is 3.33. The van der Waals surface area contributed by atoms with Gasteiger partial charge >= 0.3 is 0 Å². The van der Waals surface area contributed by atoms with Crippen molar-refractivity contribution in [1.29, 1.82) is 0 Å². The molecule has 3 rings (SSSR count). The van der Waals surface area contributed by atoms with Crippen LogP contribution in [0.1, 0.15) is 5.56 Å². The van der Waals surface area contributed by atoms with Gasteiger partial charge < -0.3 is 4.74 Å². The Labute approximate surface area is 141 Å². The number of nitrogens with one attached hydrogen (secondary N) is 1. The predicted molar refractivity (Wildman–Crippen MR) is 91.2 cm³/mol. The van der Waals surface area contributed by atoms with Crippen LogP contribution in [0, 0.1) is 0 Å². The molecule has 0 bridgehead atoms. The summed E-state index contributed by atoms with van der Waals surface area (Å²) >= 11 is 0. The van der Waals surface area contributed by atoms with E-state index in [1.807, 2.05) is 30.3 Å². The van der Waals surface area contributed by atoms with Crippen LogP contribution in [0.25, 0.3) is 0 Å². The Balaban J connectivity index is 1.67. The zero-order chi connectivity index (χ0) is 16.8. The van der Waals surface area contributed by atoms with Gasteiger partial charge in [-0.25, -0.2) is 13.1 Å². The molecule has 1 aromatic heterocycles. The zero-order valence-corrected chi connectivity index (χ0v) is 13.6. The van der Waals surface area contributed by atoms with Crippen LogP contribution in [-0.2, 0) is 16.6 Å². The van der Waals surface area contributed by atoms with E-state index in [1.165, 1.54) is 12.1 Å². The van der Waals surface area contributed by atoms with Crippen LogP contribution in [0.2, 0.25) is 0 Å². The van der Waals surface area contributed by atoms with Gasteiger partial charge in [-0.2, -0.15) is 0 Å². The van der Waals surface area contributed by atoms with Crippen molar-refractivity contribution in [2.75, 3.05) is 0 Å². The maximum atomic E-state index is 12.3. The average molecular weight is 340 g/mol. The normalized spacial score (nSPS) is 11.2. The van der Waals surface area contributed by atoms with Crippen molar-refractivity contribution in [3.05, 3.63) is 84.7 Å². The first-order valence-electron chi connectivity index (χ1n) is 7.35. The lowest BCUT2D eigenvalue weighted by Gasteiger charge is -2.09. The molecule has 0 aliphatic carbocycles. The van der Waals surface area contributed by atoms with Crippen LogP contribution < -0.4 is 9.46 Å². The molecule has 2 aromatic carbocycles. The number of aromatic nitrogens is 1. The molecule has 0 aliphatic heterocycles. The van der Waals surface area contributed by atoms with E-state index in [-0.39, 0.29) is 11.4 Å². The van der Waals surface area contributed by atoms with E-state index in [1.54, 1.807) is 36.7 Å². The van der Waals surface area contributed by atoms with Crippen LogP contribution >= 0.6 is 0 Å². The second kappa shape index (κ2) is 7.25. The summed E-state index contributed by atoms with van der Waals surface area (Å²) in [6.45, 7) is 0.215. The van der Waals surface area contributed by atoms with E-state index in [9.17, 15) is 8.42 Å². The second-order valence-electron chi connectivity index (χ2n) is 5.07. The first-order valence-corrected chi connectivity index (χ1v) is 8.83. The molecule has 0 saturated heterocycles. The number of rotatable bonds is 6.